The van der Waals surface area contributed by atoms with Crippen LogP contribution in [-0.2, 0) is 18.0 Å². The van der Waals surface area contributed by atoms with Gasteiger partial charge in [0.1, 0.15) is 18.8 Å². The molecule has 3 rings (SSSR count). The summed E-state index contributed by atoms with van der Waals surface area (Å²) in [5.74, 6) is 1.19. The number of amides is 1. The van der Waals surface area contributed by atoms with E-state index < -0.39 is 11.7 Å². The van der Waals surface area contributed by atoms with Gasteiger partial charge in [0.25, 0.3) is 0 Å². The van der Waals surface area contributed by atoms with E-state index in [-0.39, 0.29) is 0 Å². The Hall–Kier alpha value is -3.47. The summed E-state index contributed by atoms with van der Waals surface area (Å²) in [4.78, 5) is 14.3. The van der Waals surface area contributed by atoms with Gasteiger partial charge in [-0.25, -0.2) is 4.79 Å². The third kappa shape index (κ3) is 6.77. The Morgan fingerprint density at radius 3 is 1.81 bits per heavy atom. The maximum absolute atomic E-state index is 12.7. The van der Waals surface area contributed by atoms with Gasteiger partial charge in [-0.2, -0.15) is 0 Å². The lowest BCUT2D eigenvalue weighted by atomic mass is 10.2. The average Bonchev–Trinajstić information content (AvgIpc) is 2.77. The lowest BCUT2D eigenvalue weighted by Crippen LogP contribution is -2.36. The van der Waals surface area contributed by atoms with Crippen molar-refractivity contribution in [2.75, 3.05) is 11.4 Å². The van der Waals surface area contributed by atoms with Gasteiger partial charge in [-0.05, 0) is 51.0 Å². The van der Waals surface area contributed by atoms with Crippen LogP contribution < -0.4 is 14.4 Å². The molecular formula is C27H31NO4. The predicted octanol–water partition coefficient (Wildman–Crippen LogP) is 6.61. The van der Waals surface area contributed by atoms with Crippen LogP contribution in [0.1, 0.15) is 38.8 Å². The molecule has 0 aliphatic rings. The molecule has 0 atom stereocenters. The highest BCUT2D eigenvalue weighted by atomic mass is 16.6. The number of benzene rings is 3. The summed E-state index contributed by atoms with van der Waals surface area (Å²) in [7, 11) is 0. The van der Waals surface area contributed by atoms with Crippen molar-refractivity contribution in [2.45, 2.75) is 46.5 Å². The minimum Gasteiger partial charge on any atom is -0.485 e. The van der Waals surface area contributed by atoms with Crippen molar-refractivity contribution < 1.29 is 19.0 Å². The quantitative estimate of drug-likeness (QED) is 0.401. The highest BCUT2D eigenvalue weighted by Gasteiger charge is 2.23. The van der Waals surface area contributed by atoms with Crippen molar-refractivity contribution in [2.24, 2.45) is 0 Å². The van der Waals surface area contributed by atoms with Crippen molar-refractivity contribution in [3.05, 3.63) is 90.0 Å². The third-order valence-corrected chi connectivity index (χ3v) is 4.64. The second-order valence-electron chi connectivity index (χ2n) is 8.40. The molecule has 0 saturated carbocycles. The van der Waals surface area contributed by atoms with Crippen molar-refractivity contribution in [3.63, 3.8) is 0 Å². The predicted molar refractivity (Wildman–Crippen MR) is 127 cm³/mol. The number of anilines is 1. The van der Waals surface area contributed by atoms with E-state index in [2.05, 4.69) is 0 Å². The van der Waals surface area contributed by atoms with Gasteiger partial charge in [-0.3, -0.25) is 4.90 Å². The first-order chi connectivity index (χ1) is 15.4. The van der Waals surface area contributed by atoms with E-state index in [1.165, 1.54) is 0 Å². The fraction of sp³-hybridized carbons (Fsp3) is 0.296. The van der Waals surface area contributed by atoms with Gasteiger partial charge in [0.15, 0.2) is 11.5 Å². The summed E-state index contributed by atoms with van der Waals surface area (Å²) in [6.45, 7) is 8.76. The number of hydrogen-bond donors (Lipinski definition) is 0. The zero-order valence-electron chi connectivity index (χ0n) is 19.2. The summed E-state index contributed by atoms with van der Waals surface area (Å²) in [5, 5.41) is 0. The van der Waals surface area contributed by atoms with Crippen molar-refractivity contribution >= 4 is 11.8 Å². The first-order valence-electron chi connectivity index (χ1n) is 10.8. The molecule has 0 unspecified atom stereocenters. The van der Waals surface area contributed by atoms with Crippen LogP contribution in [0.3, 0.4) is 0 Å². The van der Waals surface area contributed by atoms with Gasteiger partial charge in [0, 0.05) is 12.6 Å². The number of carbonyl (C=O) groups excluding carboxylic acids is 1. The third-order valence-electron chi connectivity index (χ3n) is 4.64. The molecule has 0 spiro atoms. The van der Waals surface area contributed by atoms with Crippen molar-refractivity contribution in [1.29, 1.82) is 0 Å². The minimum absolute atomic E-state index is 0.393. The van der Waals surface area contributed by atoms with Crippen LogP contribution in [-0.4, -0.2) is 18.2 Å². The molecular weight excluding hydrogens is 402 g/mol. The van der Waals surface area contributed by atoms with E-state index in [9.17, 15) is 4.79 Å². The second kappa shape index (κ2) is 10.7. The van der Waals surface area contributed by atoms with E-state index in [1.807, 2.05) is 107 Å². The van der Waals surface area contributed by atoms with Gasteiger partial charge in [0.05, 0.1) is 5.69 Å². The van der Waals surface area contributed by atoms with Crippen LogP contribution in [0, 0.1) is 0 Å². The van der Waals surface area contributed by atoms with Gasteiger partial charge >= 0.3 is 6.09 Å². The normalized spacial score (nSPS) is 11.0. The van der Waals surface area contributed by atoms with Gasteiger partial charge in [0.2, 0.25) is 0 Å². The number of carbonyl (C=O) groups is 1. The zero-order chi connectivity index (χ0) is 23.0. The molecule has 0 N–H and O–H groups in total. The second-order valence-corrected chi connectivity index (χ2v) is 8.40. The Labute approximate surface area is 190 Å². The molecule has 0 heterocycles. The molecule has 32 heavy (non-hydrogen) atoms. The Bertz CT molecular complexity index is 997. The van der Waals surface area contributed by atoms with Crippen LogP contribution in [0.25, 0.3) is 0 Å². The molecule has 1 amide bonds. The highest BCUT2D eigenvalue weighted by molar-refractivity contribution is 5.88. The van der Waals surface area contributed by atoms with Crippen LogP contribution in [0.15, 0.2) is 78.9 Å². The summed E-state index contributed by atoms with van der Waals surface area (Å²) in [6.07, 6.45) is -0.396. The van der Waals surface area contributed by atoms with E-state index in [0.717, 1.165) is 11.1 Å². The SMILES string of the molecule is CCN(C(=O)OC(C)(C)C)c1ccc(OCc2ccccc2)c(OCc2ccccc2)c1. The molecule has 0 bridgehead atoms. The average molecular weight is 434 g/mol. The Balaban J connectivity index is 1.84. The molecule has 5 nitrogen and oxygen atoms in total. The van der Waals surface area contributed by atoms with Crippen LogP contribution in [0.5, 0.6) is 11.5 Å². The molecule has 3 aromatic carbocycles. The first-order valence-corrected chi connectivity index (χ1v) is 10.8. The van der Waals surface area contributed by atoms with Crippen LogP contribution in [0.4, 0.5) is 10.5 Å². The minimum atomic E-state index is -0.574. The standard InChI is InChI=1S/C27H31NO4/c1-5-28(26(29)32-27(2,3)4)23-16-17-24(30-19-21-12-8-6-9-13-21)25(18-23)31-20-22-14-10-7-11-15-22/h6-18H,5,19-20H2,1-4H3. The van der Waals surface area contributed by atoms with E-state index in [4.69, 9.17) is 14.2 Å². The highest BCUT2D eigenvalue weighted by Crippen LogP contribution is 2.34. The molecule has 5 heteroatoms. The smallest absolute Gasteiger partial charge is 0.414 e. The molecule has 168 valence electrons. The van der Waals surface area contributed by atoms with Crippen LogP contribution >= 0.6 is 0 Å². The van der Waals surface area contributed by atoms with Crippen LogP contribution in [0.2, 0.25) is 0 Å². The maximum atomic E-state index is 12.7. The van der Waals surface area contributed by atoms with Gasteiger partial charge in [-0.15, -0.1) is 0 Å². The van der Waals surface area contributed by atoms with Gasteiger partial charge in [-0.1, -0.05) is 60.7 Å². The van der Waals surface area contributed by atoms with Crippen molar-refractivity contribution in [3.8, 4) is 11.5 Å². The van der Waals surface area contributed by atoms with Gasteiger partial charge < -0.3 is 14.2 Å². The maximum Gasteiger partial charge on any atom is 0.414 e. The molecule has 0 aromatic heterocycles. The van der Waals surface area contributed by atoms with E-state index in [1.54, 1.807) is 4.90 Å². The van der Waals surface area contributed by atoms with E-state index in [0.29, 0.717) is 36.9 Å². The number of hydrogen-bond acceptors (Lipinski definition) is 4. The fourth-order valence-corrected chi connectivity index (χ4v) is 3.10. The fourth-order valence-electron chi connectivity index (χ4n) is 3.10. The Morgan fingerprint density at radius 2 is 1.31 bits per heavy atom. The lowest BCUT2D eigenvalue weighted by molar-refractivity contribution is 0.0582. The summed E-state index contributed by atoms with van der Waals surface area (Å²) >= 11 is 0. The van der Waals surface area contributed by atoms with E-state index >= 15 is 0 Å². The largest absolute Gasteiger partial charge is 0.485 e. The van der Waals surface area contributed by atoms with Crippen molar-refractivity contribution in [1.82, 2.24) is 0 Å². The monoisotopic (exact) mass is 433 g/mol. The summed E-state index contributed by atoms with van der Waals surface area (Å²) in [6, 6.07) is 25.4. The Kier molecular flexibility index (Phi) is 7.77. The summed E-state index contributed by atoms with van der Waals surface area (Å²) in [5.41, 5.74) is 2.23. The lowest BCUT2D eigenvalue weighted by Gasteiger charge is -2.27. The first kappa shape index (κ1) is 23.2. The number of rotatable bonds is 8. The molecule has 0 aliphatic heterocycles. The molecule has 0 saturated heterocycles. The molecule has 0 radical (unpaired) electrons. The molecule has 0 fully saturated rings. The topological polar surface area (TPSA) is 48.0 Å². The Morgan fingerprint density at radius 1 is 0.781 bits per heavy atom. The molecule has 0 aliphatic carbocycles. The number of ether oxygens (including phenoxy) is 3. The number of nitrogens with zero attached hydrogens (tertiary/aromatic N) is 1. The molecule has 3 aromatic rings. The zero-order valence-corrected chi connectivity index (χ0v) is 19.2. The summed E-state index contributed by atoms with van der Waals surface area (Å²) < 4.78 is 17.8.